The third kappa shape index (κ3) is 8.52. The molecule has 0 radical (unpaired) electrons. The highest BCUT2D eigenvalue weighted by molar-refractivity contribution is 5.96. The molecule has 9 nitrogen and oxygen atoms in total. The van der Waals surface area contributed by atoms with E-state index in [0.717, 1.165) is 98.0 Å². The lowest BCUT2D eigenvalue weighted by molar-refractivity contribution is 0.0111. The van der Waals surface area contributed by atoms with Gasteiger partial charge in [-0.25, -0.2) is 4.79 Å². The molecule has 2 aromatic heterocycles. The van der Waals surface area contributed by atoms with Crippen LogP contribution in [0.25, 0.3) is 22.2 Å². The van der Waals surface area contributed by atoms with E-state index in [0.29, 0.717) is 30.9 Å². The molecule has 0 unspecified atom stereocenters. The average Bonchev–Trinajstić information content (AvgIpc) is 3.78. The molecule has 3 aliphatic rings. The molecular weight excluding hydrogens is 735 g/mol. The second-order valence-corrected chi connectivity index (χ2v) is 17.8. The standard InChI is InChI=1S/C50H55N5O4/c1-49(2,3)59-48(56)55-27-23-50(24-28-55)31-39-16-15-38(29-40(39)32-50)37-21-25-54(26-22-37)41-17-18-42-44(30-41)53(4)52-46(42)43-19-20-45(57-33-35-11-7-5-8-12-35)51-47(43)58-34-36-13-9-6-10-14-36/h5-20,29-30,37H,21-28,31-34H2,1-4H3. The molecule has 4 heterocycles. The first-order valence-electron chi connectivity index (χ1n) is 21.2. The fraction of sp³-hybridized carbons (Fsp3) is 0.380. The maximum absolute atomic E-state index is 12.7. The van der Waals surface area contributed by atoms with E-state index < -0.39 is 5.60 Å². The number of ether oxygens (including phenoxy) is 3. The molecule has 1 aliphatic carbocycles. The minimum atomic E-state index is -0.463. The molecule has 0 atom stereocenters. The number of pyridine rings is 1. The van der Waals surface area contributed by atoms with Gasteiger partial charge in [0.25, 0.3) is 0 Å². The first-order chi connectivity index (χ1) is 28.6. The van der Waals surface area contributed by atoms with Crippen molar-refractivity contribution in [1.29, 1.82) is 0 Å². The predicted molar refractivity (Wildman–Crippen MR) is 233 cm³/mol. The van der Waals surface area contributed by atoms with Crippen LogP contribution in [0.3, 0.4) is 0 Å². The number of benzene rings is 4. The van der Waals surface area contributed by atoms with Crippen LogP contribution in [0, 0.1) is 5.41 Å². The van der Waals surface area contributed by atoms with Crippen LogP contribution >= 0.6 is 0 Å². The van der Waals surface area contributed by atoms with Gasteiger partial charge in [-0.05, 0) is 123 Å². The van der Waals surface area contributed by atoms with Gasteiger partial charge in [0, 0.05) is 50.4 Å². The largest absolute Gasteiger partial charge is 0.473 e. The molecule has 304 valence electrons. The Kier molecular flexibility index (Phi) is 10.5. The molecule has 59 heavy (non-hydrogen) atoms. The van der Waals surface area contributed by atoms with Crippen LogP contribution in [-0.4, -0.2) is 57.5 Å². The van der Waals surface area contributed by atoms with E-state index in [1.807, 2.05) is 98.1 Å². The van der Waals surface area contributed by atoms with Gasteiger partial charge in [0.15, 0.2) is 0 Å². The number of aromatic nitrogens is 3. The fourth-order valence-electron chi connectivity index (χ4n) is 9.31. The average molecular weight is 790 g/mol. The Morgan fingerprint density at radius 1 is 0.763 bits per heavy atom. The summed E-state index contributed by atoms with van der Waals surface area (Å²) in [7, 11) is 2.01. The van der Waals surface area contributed by atoms with Crippen LogP contribution in [0.4, 0.5) is 10.5 Å². The van der Waals surface area contributed by atoms with E-state index in [2.05, 4.69) is 53.4 Å². The Morgan fingerprint density at radius 3 is 2.14 bits per heavy atom. The minimum absolute atomic E-state index is 0.176. The highest BCUT2D eigenvalue weighted by atomic mass is 16.6. The zero-order valence-electron chi connectivity index (χ0n) is 34.8. The predicted octanol–water partition coefficient (Wildman–Crippen LogP) is 10.3. The Labute approximate surface area is 347 Å². The normalized spacial score (nSPS) is 16.7. The number of carbonyl (C=O) groups is 1. The Balaban J connectivity index is 0.868. The quantitative estimate of drug-likeness (QED) is 0.144. The van der Waals surface area contributed by atoms with Gasteiger partial charge in [-0.3, -0.25) is 4.68 Å². The molecular formula is C50H55N5O4. The van der Waals surface area contributed by atoms with Crippen molar-refractivity contribution in [3.63, 3.8) is 0 Å². The van der Waals surface area contributed by atoms with Crippen molar-refractivity contribution in [1.82, 2.24) is 19.7 Å². The molecule has 9 rings (SSSR count). The van der Waals surface area contributed by atoms with Crippen LogP contribution in [0.5, 0.6) is 11.8 Å². The number of nitrogens with zero attached hydrogens (tertiary/aromatic N) is 5. The van der Waals surface area contributed by atoms with Gasteiger partial charge >= 0.3 is 6.09 Å². The molecule has 2 saturated heterocycles. The summed E-state index contributed by atoms with van der Waals surface area (Å²) in [6.07, 6.45) is 6.37. The number of aryl methyl sites for hydroxylation is 1. The molecule has 0 N–H and O–H groups in total. The second kappa shape index (κ2) is 16.1. The van der Waals surface area contributed by atoms with Crippen LogP contribution in [0.1, 0.15) is 80.2 Å². The van der Waals surface area contributed by atoms with E-state index in [1.54, 1.807) is 0 Å². The third-order valence-corrected chi connectivity index (χ3v) is 12.5. The lowest BCUT2D eigenvalue weighted by Crippen LogP contribution is -2.45. The molecule has 4 aromatic carbocycles. The fourth-order valence-corrected chi connectivity index (χ4v) is 9.31. The van der Waals surface area contributed by atoms with Crippen LogP contribution < -0.4 is 14.4 Å². The molecule has 1 spiro atoms. The minimum Gasteiger partial charge on any atom is -0.473 e. The zero-order chi connectivity index (χ0) is 40.6. The summed E-state index contributed by atoms with van der Waals surface area (Å²) in [6, 6.07) is 38.2. The lowest BCUT2D eigenvalue weighted by atomic mass is 9.76. The van der Waals surface area contributed by atoms with Crippen molar-refractivity contribution in [3.05, 3.63) is 137 Å². The first-order valence-corrected chi connectivity index (χ1v) is 21.2. The summed E-state index contributed by atoms with van der Waals surface area (Å²) < 4.78 is 20.2. The maximum atomic E-state index is 12.7. The molecule has 2 fully saturated rings. The van der Waals surface area contributed by atoms with Gasteiger partial charge in [0.05, 0.1) is 11.1 Å². The number of piperidine rings is 2. The van der Waals surface area contributed by atoms with Crippen molar-refractivity contribution < 1.29 is 19.0 Å². The molecule has 1 amide bonds. The molecule has 2 aliphatic heterocycles. The highest BCUT2D eigenvalue weighted by Gasteiger charge is 2.41. The van der Waals surface area contributed by atoms with Crippen molar-refractivity contribution >= 4 is 22.7 Å². The second-order valence-electron chi connectivity index (χ2n) is 17.8. The number of hydrogen-bond donors (Lipinski definition) is 0. The summed E-state index contributed by atoms with van der Waals surface area (Å²) >= 11 is 0. The maximum Gasteiger partial charge on any atom is 0.410 e. The third-order valence-electron chi connectivity index (χ3n) is 12.5. The number of amides is 1. The van der Waals surface area contributed by atoms with E-state index >= 15 is 0 Å². The van der Waals surface area contributed by atoms with Crippen molar-refractivity contribution in [3.8, 4) is 23.0 Å². The van der Waals surface area contributed by atoms with E-state index in [9.17, 15) is 4.79 Å². The van der Waals surface area contributed by atoms with Gasteiger partial charge in [0.1, 0.15) is 24.5 Å². The SMILES string of the molecule is Cn1nc(-c2ccc(OCc3ccccc3)nc2OCc2ccccc2)c2ccc(N3CCC(c4ccc5c(c4)CC4(CCN(C(=O)OC(C)(C)C)CC4)C5)CC3)cc21. The van der Waals surface area contributed by atoms with E-state index in [-0.39, 0.29) is 11.5 Å². The summed E-state index contributed by atoms with van der Waals surface area (Å²) in [4.78, 5) is 22.0. The van der Waals surface area contributed by atoms with Crippen LogP contribution in [0.15, 0.2) is 109 Å². The summed E-state index contributed by atoms with van der Waals surface area (Å²) in [6.45, 7) is 10.2. The Morgan fingerprint density at radius 2 is 1.44 bits per heavy atom. The molecule has 6 aromatic rings. The summed E-state index contributed by atoms with van der Waals surface area (Å²) in [5.74, 6) is 1.55. The van der Waals surface area contributed by atoms with Crippen LogP contribution in [-0.2, 0) is 37.8 Å². The summed E-state index contributed by atoms with van der Waals surface area (Å²) in [5, 5.41) is 6.09. The first kappa shape index (κ1) is 38.7. The smallest absolute Gasteiger partial charge is 0.410 e. The topological polar surface area (TPSA) is 82.0 Å². The van der Waals surface area contributed by atoms with Gasteiger partial charge < -0.3 is 24.0 Å². The highest BCUT2D eigenvalue weighted by Crippen LogP contribution is 2.46. The molecule has 9 heteroatoms. The van der Waals surface area contributed by atoms with Gasteiger partial charge in [-0.2, -0.15) is 10.1 Å². The van der Waals surface area contributed by atoms with Gasteiger partial charge in [0.2, 0.25) is 11.8 Å². The number of anilines is 1. The summed E-state index contributed by atoms with van der Waals surface area (Å²) in [5.41, 5.74) is 10.4. The van der Waals surface area contributed by atoms with E-state index in [4.69, 9.17) is 24.3 Å². The number of likely N-dealkylation sites (tertiary alicyclic amines) is 1. The van der Waals surface area contributed by atoms with Crippen LogP contribution in [0.2, 0.25) is 0 Å². The monoisotopic (exact) mass is 789 g/mol. The Hall–Kier alpha value is -5.83. The number of carbonyl (C=O) groups excluding carboxylic acids is 1. The number of hydrogen-bond acceptors (Lipinski definition) is 7. The van der Waals surface area contributed by atoms with Crippen molar-refractivity contribution in [2.45, 2.75) is 84.0 Å². The Bertz CT molecular complexity index is 2420. The van der Waals surface area contributed by atoms with Gasteiger partial charge in [-0.1, -0.05) is 78.9 Å². The zero-order valence-corrected chi connectivity index (χ0v) is 34.8. The van der Waals surface area contributed by atoms with Crippen molar-refractivity contribution in [2.24, 2.45) is 12.5 Å². The van der Waals surface area contributed by atoms with E-state index in [1.165, 1.54) is 22.4 Å². The van der Waals surface area contributed by atoms with Gasteiger partial charge in [-0.15, -0.1) is 0 Å². The van der Waals surface area contributed by atoms with Crippen molar-refractivity contribution in [2.75, 3.05) is 31.1 Å². The molecule has 0 bridgehead atoms. The number of fused-ring (bicyclic) bond motifs is 2. The lowest BCUT2D eigenvalue weighted by Gasteiger charge is -2.39. The molecule has 0 saturated carbocycles. The number of rotatable bonds is 9.